The van der Waals surface area contributed by atoms with Gasteiger partial charge in [0.2, 0.25) is 5.91 Å². The van der Waals surface area contributed by atoms with Crippen LogP contribution < -0.4 is 5.32 Å². The highest BCUT2D eigenvalue weighted by Gasteiger charge is 2.47. The van der Waals surface area contributed by atoms with Crippen LogP contribution >= 0.6 is 0 Å². The fourth-order valence-corrected chi connectivity index (χ4v) is 3.30. The van der Waals surface area contributed by atoms with Crippen molar-refractivity contribution < 1.29 is 19.4 Å². The molecule has 0 saturated carbocycles. The van der Waals surface area contributed by atoms with E-state index >= 15 is 0 Å². The van der Waals surface area contributed by atoms with E-state index in [2.05, 4.69) is 5.32 Å². The third-order valence-electron chi connectivity index (χ3n) is 4.74. The minimum Gasteiger partial charge on any atom is -0.481 e. The molecule has 114 valence electrons. The Hall–Kier alpha value is -1.14. The van der Waals surface area contributed by atoms with E-state index in [0.29, 0.717) is 19.7 Å². The first-order chi connectivity index (χ1) is 9.55. The van der Waals surface area contributed by atoms with Gasteiger partial charge in [0.05, 0.1) is 24.7 Å². The maximum absolute atomic E-state index is 12.9. The number of carbonyl (C=O) groups is 2. The smallest absolute Gasteiger partial charge is 0.311 e. The van der Waals surface area contributed by atoms with Crippen LogP contribution in [0, 0.1) is 11.3 Å². The summed E-state index contributed by atoms with van der Waals surface area (Å²) in [5, 5.41) is 12.5. The molecule has 0 aromatic heterocycles. The summed E-state index contributed by atoms with van der Waals surface area (Å²) >= 11 is 0. The molecule has 0 aromatic carbocycles. The summed E-state index contributed by atoms with van der Waals surface area (Å²) in [5.41, 5.74) is -0.373. The van der Waals surface area contributed by atoms with Gasteiger partial charge in [-0.1, -0.05) is 6.92 Å². The number of carbonyl (C=O) groups excluding carboxylic acids is 1. The standard InChI is InChI=1S/C14H24N2O4/c1-3-14(5-6-15-9-14)13(19)16(4-2)11-8-20-7-10(11)12(17)18/h10-11,15H,3-9H2,1-2H3,(H,17,18). The number of rotatable bonds is 5. The van der Waals surface area contributed by atoms with Gasteiger partial charge in [-0.05, 0) is 26.3 Å². The number of hydrogen-bond donors (Lipinski definition) is 2. The average Bonchev–Trinajstić information content (AvgIpc) is 3.09. The predicted molar refractivity (Wildman–Crippen MR) is 73.3 cm³/mol. The van der Waals surface area contributed by atoms with Gasteiger partial charge in [0.15, 0.2) is 0 Å². The Kier molecular flexibility index (Phi) is 4.65. The van der Waals surface area contributed by atoms with Crippen molar-refractivity contribution >= 4 is 11.9 Å². The number of carboxylic acids is 1. The highest BCUT2D eigenvalue weighted by Crippen LogP contribution is 2.34. The minimum atomic E-state index is -0.881. The SMILES string of the molecule is CCN(C(=O)C1(CC)CCNC1)C1COCC1C(=O)O. The maximum Gasteiger partial charge on any atom is 0.311 e. The van der Waals surface area contributed by atoms with Gasteiger partial charge in [-0.3, -0.25) is 9.59 Å². The van der Waals surface area contributed by atoms with Crippen molar-refractivity contribution in [3.8, 4) is 0 Å². The largest absolute Gasteiger partial charge is 0.481 e. The summed E-state index contributed by atoms with van der Waals surface area (Å²) in [7, 11) is 0. The summed E-state index contributed by atoms with van der Waals surface area (Å²) < 4.78 is 5.30. The number of likely N-dealkylation sites (N-methyl/N-ethyl adjacent to an activating group) is 1. The molecular formula is C14H24N2O4. The zero-order chi connectivity index (χ0) is 14.8. The van der Waals surface area contributed by atoms with E-state index in [1.807, 2.05) is 13.8 Å². The molecule has 6 heteroatoms. The molecule has 2 N–H and O–H groups in total. The first-order valence-corrected chi connectivity index (χ1v) is 7.38. The molecule has 20 heavy (non-hydrogen) atoms. The first-order valence-electron chi connectivity index (χ1n) is 7.38. The molecule has 3 atom stereocenters. The second-order valence-electron chi connectivity index (χ2n) is 5.70. The van der Waals surface area contributed by atoms with Gasteiger partial charge < -0.3 is 20.1 Å². The van der Waals surface area contributed by atoms with Crippen molar-refractivity contribution in [3.05, 3.63) is 0 Å². The van der Waals surface area contributed by atoms with Crippen molar-refractivity contribution in [1.82, 2.24) is 10.2 Å². The van der Waals surface area contributed by atoms with Gasteiger partial charge >= 0.3 is 5.97 Å². The summed E-state index contributed by atoms with van der Waals surface area (Å²) in [6.45, 7) is 6.51. The number of nitrogens with zero attached hydrogens (tertiary/aromatic N) is 1. The molecule has 0 radical (unpaired) electrons. The molecule has 2 saturated heterocycles. The maximum atomic E-state index is 12.9. The second kappa shape index (κ2) is 6.10. The fourth-order valence-electron chi connectivity index (χ4n) is 3.30. The third-order valence-corrected chi connectivity index (χ3v) is 4.74. The second-order valence-corrected chi connectivity index (χ2v) is 5.70. The average molecular weight is 284 g/mol. The van der Waals surface area contributed by atoms with Gasteiger partial charge in [0, 0.05) is 13.1 Å². The Labute approximate surface area is 119 Å². The summed E-state index contributed by atoms with van der Waals surface area (Å²) in [6, 6.07) is -0.339. The number of aliphatic carboxylic acids is 1. The highest BCUT2D eigenvalue weighted by molar-refractivity contribution is 5.84. The number of hydrogen-bond acceptors (Lipinski definition) is 4. The summed E-state index contributed by atoms with van der Waals surface area (Å²) in [4.78, 5) is 25.9. The van der Waals surface area contributed by atoms with Crippen LogP contribution in [0.3, 0.4) is 0 Å². The van der Waals surface area contributed by atoms with Crippen LogP contribution in [0.25, 0.3) is 0 Å². The van der Waals surface area contributed by atoms with Gasteiger partial charge in [0.1, 0.15) is 5.92 Å². The van der Waals surface area contributed by atoms with E-state index in [0.717, 1.165) is 19.4 Å². The van der Waals surface area contributed by atoms with E-state index in [1.54, 1.807) is 4.90 Å². The normalized spacial score (nSPS) is 33.3. The van der Waals surface area contributed by atoms with Crippen LogP contribution in [0.4, 0.5) is 0 Å². The summed E-state index contributed by atoms with van der Waals surface area (Å²) in [6.07, 6.45) is 1.60. The first kappa shape index (κ1) is 15.3. The Morgan fingerprint density at radius 1 is 1.40 bits per heavy atom. The molecule has 0 bridgehead atoms. The fraction of sp³-hybridized carbons (Fsp3) is 0.857. The molecule has 2 fully saturated rings. The van der Waals surface area contributed by atoms with Gasteiger partial charge in [-0.25, -0.2) is 0 Å². The van der Waals surface area contributed by atoms with Gasteiger partial charge in [-0.2, -0.15) is 0 Å². The summed E-state index contributed by atoms with van der Waals surface area (Å²) in [5.74, 6) is -1.41. The molecule has 0 aromatic rings. The van der Waals surface area contributed by atoms with E-state index < -0.39 is 11.9 Å². The number of amides is 1. The Balaban J connectivity index is 2.19. The zero-order valence-electron chi connectivity index (χ0n) is 12.2. The van der Waals surface area contributed by atoms with Crippen LogP contribution in [0.15, 0.2) is 0 Å². The van der Waals surface area contributed by atoms with Gasteiger partial charge in [0.25, 0.3) is 0 Å². The van der Waals surface area contributed by atoms with E-state index in [1.165, 1.54) is 0 Å². The molecule has 2 heterocycles. The minimum absolute atomic E-state index is 0.0780. The number of carboxylic acid groups (broad SMARTS) is 1. The van der Waals surface area contributed by atoms with E-state index in [4.69, 9.17) is 4.74 Å². The lowest BCUT2D eigenvalue weighted by Crippen LogP contribution is -2.52. The van der Waals surface area contributed by atoms with E-state index in [9.17, 15) is 14.7 Å². The molecule has 1 amide bonds. The van der Waals surface area contributed by atoms with E-state index in [-0.39, 0.29) is 24.0 Å². The monoisotopic (exact) mass is 284 g/mol. The van der Waals surface area contributed by atoms with Crippen molar-refractivity contribution in [3.63, 3.8) is 0 Å². The van der Waals surface area contributed by atoms with Crippen LogP contribution in [0.1, 0.15) is 26.7 Å². The zero-order valence-corrected chi connectivity index (χ0v) is 12.2. The Bertz CT molecular complexity index is 379. The van der Waals surface area contributed by atoms with Crippen LogP contribution in [-0.2, 0) is 14.3 Å². The molecule has 3 unspecified atom stereocenters. The quantitative estimate of drug-likeness (QED) is 0.760. The number of ether oxygens (including phenoxy) is 1. The Morgan fingerprint density at radius 3 is 2.65 bits per heavy atom. The highest BCUT2D eigenvalue weighted by atomic mass is 16.5. The molecule has 0 aliphatic carbocycles. The van der Waals surface area contributed by atoms with Crippen LogP contribution in [0.2, 0.25) is 0 Å². The van der Waals surface area contributed by atoms with Crippen molar-refractivity contribution in [2.45, 2.75) is 32.7 Å². The van der Waals surface area contributed by atoms with Gasteiger partial charge in [-0.15, -0.1) is 0 Å². The lowest BCUT2D eigenvalue weighted by atomic mass is 9.82. The molecule has 2 rings (SSSR count). The number of nitrogens with one attached hydrogen (secondary N) is 1. The Morgan fingerprint density at radius 2 is 2.15 bits per heavy atom. The molecular weight excluding hydrogens is 260 g/mol. The molecule has 0 spiro atoms. The lowest BCUT2D eigenvalue weighted by molar-refractivity contribution is -0.148. The molecule has 2 aliphatic rings. The van der Waals surface area contributed by atoms with Crippen molar-refractivity contribution in [2.24, 2.45) is 11.3 Å². The van der Waals surface area contributed by atoms with Crippen molar-refractivity contribution in [1.29, 1.82) is 0 Å². The molecule has 6 nitrogen and oxygen atoms in total. The molecule has 2 aliphatic heterocycles. The predicted octanol–water partition coefficient (Wildman–Crippen LogP) is 0.324. The van der Waals surface area contributed by atoms with Crippen LogP contribution in [0.5, 0.6) is 0 Å². The van der Waals surface area contributed by atoms with Crippen LogP contribution in [-0.4, -0.2) is 60.8 Å². The topological polar surface area (TPSA) is 78.9 Å². The third kappa shape index (κ3) is 2.54. The lowest BCUT2D eigenvalue weighted by Gasteiger charge is -2.37. The van der Waals surface area contributed by atoms with Crippen molar-refractivity contribution in [2.75, 3.05) is 32.8 Å².